The Kier molecular flexibility index (Phi) is 4.46. The van der Waals surface area contributed by atoms with Crippen molar-refractivity contribution in [3.05, 3.63) is 54.2 Å². The van der Waals surface area contributed by atoms with Crippen LogP contribution in [0.5, 0.6) is 11.5 Å². The Hall–Kier alpha value is -3.42. The molecule has 1 N–H and O–H groups in total. The number of pyridine rings is 1. The topological polar surface area (TPSA) is 99.4 Å². The summed E-state index contributed by atoms with van der Waals surface area (Å²) in [6.45, 7) is 0.651. The quantitative estimate of drug-likeness (QED) is 0.725. The van der Waals surface area contributed by atoms with Gasteiger partial charge in [0, 0.05) is 37.3 Å². The molecule has 8 heteroatoms. The van der Waals surface area contributed by atoms with E-state index in [9.17, 15) is 4.79 Å². The molecular weight excluding hydrogens is 336 g/mol. The molecule has 0 aliphatic carbocycles. The third kappa shape index (κ3) is 3.64. The van der Waals surface area contributed by atoms with E-state index < -0.39 is 0 Å². The van der Waals surface area contributed by atoms with Crippen LogP contribution in [-0.4, -0.2) is 27.9 Å². The first-order valence-corrected chi connectivity index (χ1v) is 8.16. The predicted molar refractivity (Wildman–Crippen MR) is 90.3 cm³/mol. The maximum atomic E-state index is 12.0. The van der Waals surface area contributed by atoms with Gasteiger partial charge in [-0.2, -0.15) is 0 Å². The van der Waals surface area contributed by atoms with Gasteiger partial charge in [0.15, 0.2) is 11.5 Å². The molecular formula is C18H16N4O4. The summed E-state index contributed by atoms with van der Waals surface area (Å²) in [5.41, 5.74) is 1.74. The molecule has 1 amide bonds. The Morgan fingerprint density at radius 3 is 2.81 bits per heavy atom. The number of rotatable bonds is 6. The van der Waals surface area contributed by atoms with E-state index >= 15 is 0 Å². The molecule has 1 aliphatic heterocycles. The maximum Gasteiger partial charge on any atom is 0.247 e. The smallest absolute Gasteiger partial charge is 0.247 e. The second kappa shape index (κ2) is 7.22. The predicted octanol–water partition coefficient (Wildman–Crippen LogP) is 2.11. The maximum absolute atomic E-state index is 12.0. The Bertz CT molecular complexity index is 911. The average Bonchev–Trinajstić information content (AvgIpc) is 3.34. The second-order valence-corrected chi connectivity index (χ2v) is 5.70. The Balaban J connectivity index is 1.27. The van der Waals surface area contributed by atoms with E-state index in [1.54, 1.807) is 24.5 Å². The Labute approximate surface area is 149 Å². The molecule has 4 rings (SSSR count). The number of ether oxygens (including phenoxy) is 2. The molecule has 3 aromatic rings. The number of carbonyl (C=O) groups is 1. The van der Waals surface area contributed by atoms with Crippen LogP contribution < -0.4 is 14.8 Å². The van der Waals surface area contributed by atoms with Crippen molar-refractivity contribution < 1.29 is 18.7 Å². The van der Waals surface area contributed by atoms with Crippen molar-refractivity contribution in [1.82, 2.24) is 20.5 Å². The number of amides is 1. The van der Waals surface area contributed by atoms with E-state index in [4.69, 9.17) is 13.9 Å². The number of aromatic nitrogens is 3. The van der Waals surface area contributed by atoms with Crippen molar-refractivity contribution in [2.24, 2.45) is 0 Å². The zero-order valence-corrected chi connectivity index (χ0v) is 13.8. The van der Waals surface area contributed by atoms with Crippen molar-refractivity contribution in [3.63, 3.8) is 0 Å². The van der Waals surface area contributed by atoms with E-state index in [2.05, 4.69) is 20.5 Å². The number of hydrogen-bond donors (Lipinski definition) is 1. The standard InChI is InChI=1S/C18H16N4O4/c23-16(20-10-12-1-2-14-15(9-12)25-11-24-14)3-4-17-21-22-18(26-17)13-5-7-19-8-6-13/h1-2,5-9H,3-4,10-11H2,(H,20,23). The molecule has 0 bridgehead atoms. The average molecular weight is 352 g/mol. The SMILES string of the molecule is O=C(CCc1nnc(-c2ccncc2)o1)NCc1ccc2c(c1)OCO2. The normalized spacial score (nSPS) is 12.2. The van der Waals surface area contributed by atoms with E-state index in [-0.39, 0.29) is 19.1 Å². The summed E-state index contributed by atoms with van der Waals surface area (Å²) in [5, 5.41) is 10.8. The summed E-state index contributed by atoms with van der Waals surface area (Å²) in [4.78, 5) is 16.0. The Morgan fingerprint density at radius 2 is 1.92 bits per heavy atom. The van der Waals surface area contributed by atoms with E-state index in [0.717, 1.165) is 16.9 Å². The molecule has 0 spiro atoms. The van der Waals surface area contributed by atoms with E-state index in [1.807, 2.05) is 18.2 Å². The molecule has 0 saturated carbocycles. The highest BCUT2D eigenvalue weighted by atomic mass is 16.7. The first-order valence-electron chi connectivity index (χ1n) is 8.16. The number of hydrogen-bond acceptors (Lipinski definition) is 7. The van der Waals surface area contributed by atoms with Gasteiger partial charge < -0.3 is 19.2 Å². The van der Waals surface area contributed by atoms with Crippen LogP contribution in [-0.2, 0) is 17.8 Å². The van der Waals surface area contributed by atoms with Crippen molar-refractivity contribution >= 4 is 5.91 Å². The first kappa shape index (κ1) is 16.1. The van der Waals surface area contributed by atoms with Gasteiger partial charge >= 0.3 is 0 Å². The fourth-order valence-electron chi connectivity index (χ4n) is 2.53. The van der Waals surface area contributed by atoms with E-state index in [0.29, 0.717) is 30.5 Å². The summed E-state index contributed by atoms with van der Waals surface area (Å²) in [6, 6.07) is 9.17. The molecule has 1 aliphatic rings. The van der Waals surface area contributed by atoms with Gasteiger partial charge in [-0.15, -0.1) is 10.2 Å². The first-order chi connectivity index (χ1) is 12.8. The zero-order valence-electron chi connectivity index (χ0n) is 13.8. The lowest BCUT2D eigenvalue weighted by atomic mass is 10.2. The number of aryl methyl sites for hydroxylation is 1. The number of nitrogens with one attached hydrogen (secondary N) is 1. The molecule has 26 heavy (non-hydrogen) atoms. The van der Waals surface area contributed by atoms with Crippen LogP contribution in [0.1, 0.15) is 17.9 Å². The fourth-order valence-corrected chi connectivity index (χ4v) is 2.53. The summed E-state index contributed by atoms with van der Waals surface area (Å²) < 4.78 is 16.2. The van der Waals surface area contributed by atoms with Crippen LogP contribution in [0.25, 0.3) is 11.5 Å². The minimum atomic E-state index is -0.0914. The van der Waals surface area contributed by atoms with Crippen LogP contribution in [0.4, 0.5) is 0 Å². The highest BCUT2D eigenvalue weighted by molar-refractivity contribution is 5.76. The Morgan fingerprint density at radius 1 is 1.08 bits per heavy atom. The molecule has 0 saturated heterocycles. The third-order valence-corrected chi connectivity index (χ3v) is 3.89. The molecule has 0 fully saturated rings. The largest absolute Gasteiger partial charge is 0.454 e. The van der Waals surface area contributed by atoms with Crippen LogP contribution >= 0.6 is 0 Å². The van der Waals surface area contributed by atoms with Gasteiger partial charge in [0.25, 0.3) is 0 Å². The lowest BCUT2D eigenvalue weighted by Gasteiger charge is -2.05. The highest BCUT2D eigenvalue weighted by Gasteiger charge is 2.14. The third-order valence-electron chi connectivity index (χ3n) is 3.89. The molecule has 0 unspecified atom stereocenters. The lowest BCUT2D eigenvalue weighted by Crippen LogP contribution is -2.23. The van der Waals surface area contributed by atoms with Gasteiger partial charge in [-0.25, -0.2) is 0 Å². The highest BCUT2D eigenvalue weighted by Crippen LogP contribution is 2.32. The molecule has 8 nitrogen and oxygen atoms in total. The summed E-state index contributed by atoms with van der Waals surface area (Å²) >= 11 is 0. The monoisotopic (exact) mass is 352 g/mol. The van der Waals surface area contributed by atoms with Crippen LogP contribution in [0.15, 0.2) is 47.1 Å². The summed E-state index contributed by atoms with van der Waals surface area (Å²) in [7, 11) is 0. The van der Waals surface area contributed by atoms with Gasteiger partial charge in [-0.3, -0.25) is 9.78 Å². The zero-order chi connectivity index (χ0) is 17.8. The molecule has 2 aromatic heterocycles. The van der Waals surface area contributed by atoms with Gasteiger partial charge in [-0.05, 0) is 29.8 Å². The van der Waals surface area contributed by atoms with E-state index in [1.165, 1.54) is 0 Å². The number of fused-ring (bicyclic) bond motifs is 1. The van der Waals surface area contributed by atoms with Gasteiger partial charge in [0.2, 0.25) is 24.5 Å². The lowest BCUT2D eigenvalue weighted by molar-refractivity contribution is -0.121. The van der Waals surface area contributed by atoms with Crippen molar-refractivity contribution in [3.8, 4) is 23.0 Å². The van der Waals surface area contributed by atoms with Gasteiger partial charge in [-0.1, -0.05) is 6.07 Å². The van der Waals surface area contributed by atoms with Crippen molar-refractivity contribution in [1.29, 1.82) is 0 Å². The number of nitrogens with zero attached hydrogens (tertiary/aromatic N) is 3. The number of benzene rings is 1. The minimum Gasteiger partial charge on any atom is -0.454 e. The second-order valence-electron chi connectivity index (χ2n) is 5.70. The van der Waals surface area contributed by atoms with Crippen LogP contribution in [0, 0.1) is 0 Å². The summed E-state index contributed by atoms with van der Waals surface area (Å²) in [6.07, 6.45) is 3.96. The van der Waals surface area contributed by atoms with Crippen molar-refractivity contribution in [2.75, 3.05) is 6.79 Å². The number of carbonyl (C=O) groups excluding carboxylic acids is 1. The molecule has 3 heterocycles. The van der Waals surface area contributed by atoms with Gasteiger partial charge in [0.1, 0.15) is 0 Å². The molecule has 0 radical (unpaired) electrons. The molecule has 132 valence electrons. The minimum absolute atomic E-state index is 0.0914. The van der Waals surface area contributed by atoms with Gasteiger partial charge in [0.05, 0.1) is 0 Å². The fraction of sp³-hybridized carbons (Fsp3) is 0.222. The van der Waals surface area contributed by atoms with Crippen LogP contribution in [0.2, 0.25) is 0 Å². The van der Waals surface area contributed by atoms with Crippen molar-refractivity contribution in [2.45, 2.75) is 19.4 Å². The molecule has 0 atom stereocenters. The molecule has 1 aromatic carbocycles. The summed E-state index contributed by atoms with van der Waals surface area (Å²) in [5.74, 6) is 2.18. The van der Waals surface area contributed by atoms with Crippen LogP contribution in [0.3, 0.4) is 0 Å².